The van der Waals surface area contributed by atoms with Crippen LogP contribution in [0.1, 0.15) is 12.5 Å². The summed E-state index contributed by atoms with van der Waals surface area (Å²) in [7, 11) is 3.63. The van der Waals surface area contributed by atoms with Gasteiger partial charge in [0.1, 0.15) is 17.3 Å². The number of amides is 1. The first-order valence-corrected chi connectivity index (χ1v) is 9.72. The van der Waals surface area contributed by atoms with E-state index >= 15 is 0 Å². The zero-order valence-corrected chi connectivity index (χ0v) is 17.2. The average Bonchev–Trinajstić information content (AvgIpc) is 3.08. The smallest absolute Gasteiger partial charge is 0.215 e. The Morgan fingerprint density at radius 1 is 1.13 bits per heavy atom. The summed E-state index contributed by atoms with van der Waals surface area (Å²) < 4.78 is 8.00. The molecule has 0 saturated carbocycles. The maximum Gasteiger partial charge on any atom is 0.215 e. The Morgan fingerprint density at radius 2 is 1.93 bits per heavy atom. The first kappa shape index (κ1) is 19.4. The second kappa shape index (κ2) is 8.24. The highest BCUT2D eigenvalue weighted by Crippen LogP contribution is 2.29. The fourth-order valence-electron chi connectivity index (χ4n) is 3.27. The Balaban J connectivity index is 1.61. The van der Waals surface area contributed by atoms with E-state index < -0.39 is 0 Å². The number of carbonyl (C=O) groups excluding carboxylic acids is 1. The normalized spacial score (nSPS) is 10.8. The van der Waals surface area contributed by atoms with Crippen LogP contribution >= 0.6 is 0 Å². The molecule has 2 aromatic heterocycles. The van der Waals surface area contributed by atoms with Gasteiger partial charge in [-0.15, -0.1) is 0 Å². The quantitative estimate of drug-likeness (QED) is 0.456. The summed E-state index contributed by atoms with van der Waals surface area (Å²) in [5.74, 6) is 2.54. The van der Waals surface area contributed by atoms with E-state index in [9.17, 15) is 4.79 Å². The van der Waals surface area contributed by atoms with Crippen molar-refractivity contribution in [2.75, 3.05) is 17.3 Å². The van der Waals surface area contributed by atoms with E-state index in [-0.39, 0.29) is 0 Å². The number of imidazole rings is 1. The number of anilines is 3. The summed E-state index contributed by atoms with van der Waals surface area (Å²) >= 11 is 0. The van der Waals surface area contributed by atoms with Gasteiger partial charge in [-0.05, 0) is 36.2 Å². The molecule has 0 unspecified atom stereocenters. The monoisotopic (exact) mass is 401 g/mol. The molecule has 0 saturated heterocycles. The number of rotatable bonds is 7. The van der Waals surface area contributed by atoms with Crippen molar-refractivity contribution in [3.8, 4) is 11.5 Å². The number of pyridine rings is 1. The Morgan fingerprint density at radius 3 is 2.73 bits per heavy atom. The summed E-state index contributed by atoms with van der Waals surface area (Å²) in [5.41, 5.74) is 4.11. The molecular formula is C23H23N5O2. The number of nitrogens with zero attached hydrogens (tertiary/aromatic N) is 4. The molecule has 4 rings (SSSR count). The van der Waals surface area contributed by atoms with E-state index in [0.717, 1.165) is 29.1 Å². The van der Waals surface area contributed by atoms with Gasteiger partial charge >= 0.3 is 0 Å². The van der Waals surface area contributed by atoms with Gasteiger partial charge in [0, 0.05) is 38.1 Å². The van der Waals surface area contributed by atoms with Gasteiger partial charge in [0.05, 0.1) is 11.0 Å². The van der Waals surface area contributed by atoms with Gasteiger partial charge in [-0.2, -0.15) is 0 Å². The van der Waals surface area contributed by atoms with Crippen LogP contribution in [0.4, 0.5) is 17.5 Å². The predicted molar refractivity (Wildman–Crippen MR) is 119 cm³/mol. The fourth-order valence-corrected chi connectivity index (χ4v) is 3.27. The van der Waals surface area contributed by atoms with E-state index in [1.165, 1.54) is 10.5 Å². The first-order chi connectivity index (χ1) is 14.6. The molecule has 7 nitrogen and oxygen atoms in total. The van der Waals surface area contributed by atoms with Gasteiger partial charge < -0.3 is 19.5 Å². The largest absolute Gasteiger partial charge is 0.457 e. The van der Waals surface area contributed by atoms with E-state index in [2.05, 4.69) is 29.4 Å². The minimum Gasteiger partial charge on any atom is -0.457 e. The zero-order valence-electron chi connectivity index (χ0n) is 17.2. The highest BCUT2D eigenvalue weighted by Gasteiger charge is 2.11. The number of nitrogens with one attached hydrogen (secondary N) is 1. The number of hydrogen-bond donors (Lipinski definition) is 1. The van der Waals surface area contributed by atoms with Crippen LogP contribution < -0.4 is 15.0 Å². The van der Waals surface area contributed by atoms with Gasteiger partial charge in [0.25, 0.3) is 0 Å². The van der Waals surface area contributed by atoms with Crippen molar-refractivity contribution in [2.45, 2.75) is 13.3 Å². The standard InChI is InChI=1S/C23H23N5O2/c1-4-16-7-5-6-8-19(16)25-23-26-20-13-17(9-10-21(20)28(23)3)30-18-11-12-24-22(14-18)27(2)15-29/h5-15H,4H2,1-3H3,(H,25,26). The molecule has 0 radical (unpaired) electrons. The van der Waals surface area contributed by atoms with E-state index in [0.29, 0.717) is 23.7 Å². The molecule has 0 aliphatic rings. The molecule has 0 spiro atoms. The lowest BCUT2D eigenvalue weighted by atomic mass is 10.1. The topological polar surface area (TPSA) is 72.3 Å². The Labute approximate surface area is 174 Å². The maximum absolute atomic E-state index is 11.0. The van der Waals surface area contributed by atoms with Crippen LogP contribution in [0.15, 0.2) is 60.8 Å². The van der Waals surface area contributed by atoms with Crippen LogP contribution in [-0.4, -0.2) is 28.0 Å². The van der Waals surface area contributed by atoms with Gasteiger partial charge in [0.2, 0.25) is 12.4 Å². The van der Waals surface area contributed by atoms with E-state index in [1.54, 1.807) is 25.4 Å². The van der Waals surface area contributed by atoms with Crippen molar-refractivity contribution in [2.24, 2.45) is 7.05 Å². The molecule has 0 atom stereocenters. The molecule has 0 bridgehead atoms. The number of fused-ring (bicyclic) bond motifs is 1. The molecule has 2 aromatic carbocycles. The number of ether oxygens (including phenoxy) is 1. The Hall–Kier alpha value is -3.87. The number of aromatic nitrogens is 3. The lowest BCUT2D eigenvalue weighted by Crippen LogP contribution is -2.14. The zero-order chi connectivity index (χ0) is 21.1. The highest BCUT2D eigenvalue weighted by molar-refractivity contribution is 5.81. The van der Waals surface area contributed by atoms with Gasteiger partial charge in [-0.25, -0.2) is 9.97 Å². The third-order valence-electron chi connectivity index (χ3n) is 4.97. The number of benzene rings is 2. The molecule has 30 heavy (non-hydrogen) atoms. The van der Waals surface area contributed by atoms with Crippen LogP contribution in [-0.2, 0) is 18.3 Å². The second-order valence-electron chi connectivity index (χ2n) is 6.95. The fraction of sp³-hybridized carbons (Fsp3) is 0.174. The number of para-hydroxylation sites is 1. The van der Waals surface area contributed by atoms with Crippen LogP contribution in [0.3, 0.4) is 0 Å². The second-order valence-corrected chi connectivity index (χ2v) is 6.95. The van der Waals surface area contributed by atoms with Crippen molar-refractivity contribution in [3.05, 3.63) is 66.4 Å². The summed E-state index contributed by atoms with van der Waals surface area (Å²) in [6.45, 7) is 2.14. The minimum absolute atomic E-state index is 0.516. The van der Waals surface area contributed by atoms with E-state index in [4.69, 9.17) is 9.72 Å². The number of aryl methyl sites for hydroxylation is 2. The minimum atomic E-state index is 0.516. The molecule has 0 fully saturated rings. The molecular weight excluding hydrogens is 378 g/mol. The molecule has 7 heteroatoms. The van der Waals surface area contributed by atoms with Crippen LogP contribution in [0.25, 0.3) is 11.0 Å². The number of carbonyl (C=O) groups is 1. The molecule has 0 aliphatic heterocycles. The molecule has 0 aliphatic carbocycles. The van der Waals surface area contributed by atoms with Crippen molar-refractivity contribution in [1.82, 2.24) is 14.5 Å². The molecule has 2 heterocycles. The molecule has 4 aromatic rings. The Bertz CT molecular complexity index is 1200. The summed E-state index contributed by atoms with van der Waals surface area (Å²) in [5, 5.41) is 3.44. The van der Waals surface area contributed by atoms with Gasteiger partial charge in [-0.3, -0.25) is 4.79 Å². The van der Waals surface area contributed by atoms with Gasteiger partial charge in [0.15, 0.2) is 0 Å². The summed E-state index contributed by atoms with van der Waals surface area (Å²) in [6, 6.07) is 17.5. The first-order valence-electron chi connectivity index (χ1n) is 9.72. The maximum atomic E-state index is 11.0. The molecule has 1 amide bonds. The molecule has 152 valence electrons. The van der Waals surface area contributed by atoms with Crippen molar-refractivity contribution >= 4 is 34.9 Å². The van der Waals surface area contributed by atoms with Crippen molar-refractivity contribution < 1.29 is 9.53 Å². The van der Waals surface area contributed by atoms with Crippen LogP contribution in [0.2, 0.25) is 0 Å². The summed E-state index contributed by atoms with van der Waals surface area (Å²) in [4.78, 5) is 21.3. The number of hydrogen-bond acceptors (Lipinski definition) is 5. The average molecular weight is 401 g/mol. The molecule has 1 N–H and O–H groups in total. The van der Waals surface area contributed by atoms with Crippen molar-refractivity contribution in [3.63, 3.8) is 0 Å². The lowest BCUT2D eigenvalue weighted by Gasteiger charge is -2.11. The van der Waals surface area contributed by atoms with Gasteiger partial charge in [-0.1, -0.05) is 25.1 Å². The third-order valence-corrected chi connectivity index (χ3v) is 4.97. The lowest BCUT2D eigenvalue weighted by molar-refractivity contribution is -0.107. The van der Waals surface area contributed by atoms with E-state index in [1.807, 2.05) is 41.9 Å². The van der Waals surface area contributed by atoms with Crippen molar-refractivity contribution in [1.29, 1.82) is 0 Å². The van der Waals surface area contributed by atoms with Crippen LogP contribution in [0.5, 0.6) is 11.5 Å². The predicted octanol–water partition coefficient (Wildman–Crippen LogP) is 4.66. The Kier molecular flexibility index (Phi) is 5.34. The summed E-state index contributed by atoms with van der Waals surface area (Å²) in [6.07, 6.45) is 3.26. The third kappa shape index (κ3) is 3.82. The highest BCUT2D eigenvalue weighted by atomic mass is 16.5. The SMILES string of the molecule is CCc1ccccc1Nc1nc2cc(Oc3ccnc(N(C)C=O)c3)ccc2n1C. The van der Waals surface area contributed by atoms with Crippen LogP contribution in [0, 0.1) is 0 Å².